The van der Waals surface area contributed by atoms with Gasteiger partial charge in [-0.1, -0.05) is 54.6 Å². The van der Waals surface area contributed by atoms with Crippen molar-refractivity contribution in [2.24, 2.45) is 11.1 Å². The van der Waals surface area contributed by atoms with E-state index in [2.05, 4.69) is 57.8 Å². The second-order valence-electron chi connectivity index (χ2n) is 7.97. The van der Waals surface area contributed by atoms with Gasteiger partial charge in [0.05, 0.1) is 12.0 Å². The molecule has 2 heterocycles. The van der Waals surface area contributed by atoms with E-state index in [0.29, 0.717) is 13.0 Å². The number of aryl methyl sites for hydroxylation is 1. The average Bonchev–Trinajstić information content (AvgIpc) is 3.37. The summed E-state index contributed by atoms with van der Waals surface area (Å²) in [7, 11) is 0. The molecule has 4 rings (SSSR count). The Morgan fingerprint density at radius 3 is 2.52 bits per heavy atom. The number of hydrogen-bond acceptors (Lipinski definition) is 3. The molecular weight excluding hydrogens is 360 g/mol. The van der Waals surface area contributed by atoms with Gasteiger partial charge in [0.25, 0.3) is 0 Å². The molecule has 0 radical (unpaired) electrons. The fourth-order valence-corrected chi connectivity index (χ4v) is 4.34. The first kappa shape index (κ1) is 19.4. The Kier molecular flexibility index (Phi) is 5.49. The highest BCUT2D eigenvalue weighted by atomic mass is 16.1. The molecule has 1 atom stereocenters. The molecule has 1 fully saturated rings. The maximum Gasteiger partial charge on any atom is 0.225 e. The van der Waals surface area contributed by atoms with Crippen LogP contribution in [0.25, 0.3) is 11.1 Å². The topological polar surface area (TPSA) is 64.2 Å². The summed E-state index contributed by atoms with van der Waals surface area (Å²) in [4.78, 5) is 19.2. The fourth-order valence-electron chi connectivity index (χ4n) is 4.34. The van der Waals surface area contributed by atoms with Crippen LogP contribution in [-0.4, -0.2) is 33.4 Å². The molecule has 1 aliphatic heterocycles. The van der Waals surface area contributed by atoms with Crippen molar-refractivity contribution in [3.63, 3.8) is 0 Å². The fraction of sp³-hybridized carbons (Fsp3) is 0.333. The van der Waals surface area contributed by atoms with Gasteiger partial charge in [0.1, 0.15) is 5.82 Å². The van der Waals surface area contributed by atoms with Crippen molar-refractivity contribution in [2.45, 2.75) is 32.9 Å². The van der Waals surface area contributed by atoms with E-state index >= 15 is 0 Å². The number of benzene rings is 2. The third-order valence-electron chi connectivity index (χ3n) is 6.07. The highest BCUT2D eigenvalue weighted by Crippen LogP contribution is 2.35. The van der Waals surface area contributed by atoms with Crippen LogP contribution in [0.2, 0.25) is 0 Å². The molecule has 29 heavy (non-hydrogen) atoms. The summed E-state index contributed by atoms with van der Waals surface area (Å²) in [5.74, 6) is 0.839. The number of imidazole rings is 1. The number of carbonyl (C=O) groups excluding carboxylic acids is 1. The zero-order valence-electron chi connectivity index (χ0n) is 16.9. The van der Waals surface area contributed by atoms with E-state index in [1.54, 1.807) is 0 Å². The van der Waals surface area contributed by atoms with Crippen LogP contribution >= 0.6 is 0 Å². The minimum atomic E-state index is -0.516. The first-order valence-electron chi connectivity index (χ1n) is 10.3. The highest BCUT2D eigenvalue weighted by Gasteiger charge is 2.43. The van der Waals surface area contributed by atoms with Gasteiger partial charge in [0, 0.05) is 25.5 Å². The van der Waals surface area contributed by atoms with Gasteiger partial charge in [-0.15, -0.1) is 0 Å². The lowest BCUT2D eigenvalue weighted by atomic mass is 9.80. The Bertz CT molecular complexity index is 964. The molecule has 1 amide bonds. The summed E-state index contributed by atoms with van der Waals surface area (Å²) >= 11 is 0. The monoisotopic (exact) mass is 388 g/mol. The second-order valence-corrected chi connectivity index (χ2v) is 7.97. The van der Waals surface area contributed by atoms with Crippen LogP contribution < -0.4 is 5.73 Å². The van der Waals surface area contributed by atoms with Gasteiger partial charge >= 0.3 is 0 Å². The molecule has 1 unspecified atom stereocenters. The number of rotatable bonds is 7. The van der Waals surface area contributed by atoms with Crippen molar-refractivity contribution in [1.82, 2.24) is 14.5 Å². The Morgan fingerprint density at radius 1 is 1.10 bits per heavy atom. The average molecular weight is 389 g/mol. The van der Waals surface area contributed by atoms with Crippen LogP contribution in [0.3, 0.4) is 0 Å². The maximum atomic E-state index is 12.5. The molecule has 1 aliphatic rings. The largest absolute Gasteiger partial charge is 0.369 e. The maximum absolute atomic E-state index is 12.5. The van der Waals surface area contributed by atoms with Gasteiger partial charge in [-0.05, 0) is 43.0 Å². The first-order chi connectivity index (χ1) is 14.1. The summed E-state index contributed by atoms with van der Waals surface area (Å²) in [5.41, 5.74) is 8.92. The second kappa shape index (κ2) is 8.21. The molecule has 1 aromatic heterocycles. The number of likely N-dealkylation sites (tertiary alicyclic amines) is 1. The molecule has 5 heteroatoms. The van der Waals surface area contributed by atoms with E-state index in [0.717, 1.165) is 37.4 Å². The molecular formula is C24H28N4O. The minimum absolute atomic E-state index is 0.203. The van der Waals surface area contributed by atoms with E-state index in [9.17, 15) is 4.79 Å². The van der Waals surface area contributed by atoms with E-state index in [1.807, 2.05) is 30.6 Å². The summed E-state index contributed by atoms with van der Waals surface area (Å²) in [6.45, 7) is 5.31. The minimum Gasteiger partial charge on any atom is -0.369 e. The van der Waals surface area contributed by atoms with Crippen LogP contribution in [0.1, 0.15) is 24.7 Å². The standard InChI is InChI=1S/C24H28N4O/c1-2-28-15-13-26-22(28)17-27-14-12-24(18-27,23(25)29)16-19-8-10-21(11-9-19)20-6-4-3-5-7-20/h3-11,13,15H,2,12,14,16-18H2,1H3,(H2,25,29). The van der Waals surface area contributed by atoms with E-state index in [1.165, 1.54) is 11.1 Å². The van der Waals surface area contributed by atoms with Gasteiger partial charge in [-0.25, -0.2) is 4.98 Å². The van der Waals surface area contributed by atoms with Crippen LogP contribution in [0, 0.1) is 5.41 Å². The van der Waals surface area contributed by atoms with Gasteiger partial charge in [0.2, 0.25) is 5.91 Å². The van der Waals surface area contributed by atoms with Crippen LogP contribution in [-0.2, 0) is 24.3 Å². The zero-order valence-corrected chi connectivity index (χ0v) is 16.9. The van der Waals surface area contributed by atoms with Gasteiger partial charge < -0.3 is 10.3 Å². The van der Waals surface area contributed by atoms with Crippen LogP contribution in [0.15, 0.2) is 67.0 Å². The highest BCUT2D eigenvalue weighted by molar-refractivity contribution is 5.82. The summed E-state index contributed by atoms with van der Waals surface area (Å²) < 4.78 is 2.15. The van der Waals surface area contributed by atoms with Crippen LogP contribution in [0.4, 0.5) is 0 Å². The quantitative estimate of drug-likeness (QED) is 0.674. The lowest BCUT2D eigenvalue weighted by molar-refractivity contribution is -0.127. The molecule has 0 saturated carbocycles. The molecule has 0 aliphatic carbocycles. The third-order valence-corrected chi connectivity index (χ3v) is 6.07. The normalized spacial score (nSPS) is 19.5. The summed E-state index contributed by atoms with van der Waals surface area (Å²) in [5, 5.41) is 0. The van der Waals surface area contributed by atoms with Crippen molar-refractivity contribution in [3.8, 4) is 11.1 Å². The molecule has 0 bridgehead atoms. The number of nitrogens with zero attached hydrogens (tertiary/aromatic N) is 3. The number of nitrogens with two attached hydrogens (primary N) is 1. The molecule has 2 N–H and O–H groups in total. The lowest BCUT2D eigenvalue weighted by Gasteiger charge is -2.26. The van der Waals surface area contributed by atoms with Crippen LogP contribution in [0.5, 0.6) is 0 Å². The van der Waals surface area contributed by atoms with Gasteiger partial charge in [-0.3, -0.25) is 9.69 Å². The Balaban J connectivity index is 1.47. The third kappa shape index (κ3) is 4.10. The zero-order chi connectivity index (χ0) is 20.3. The van der Waals surface area contributed by atoms with Crippen molar-refractivity contribution in [2.75, 3.05) is 13.1 Å². The Hall–Kier alpha value is -2.92. The summed E-state index contributed by atoms with van der Waals surface area (Å²) in [6, 6.07) is 18.8. The van der Waals surface area contributed by atoms with Gasteiger partial charge in [-0.2, -0.15) is 0 Å². The predicted octanol–water partition coefficient (Wildman–Crippen LogP) is 3.49. The smallest absolute Gasteiger partial charge is 0.225 e. The molecule has 0 spiro atoms. The van der Waals surface area contributed by atoms with E-state index in [-0.39, 0.29) is 5.91 Å². The molecule has 2 aromatic carbocycles. The van der Waals surface area contributed by atoms with Crippen molar-refractivity contribution >= 4 is 5.91 Å². The molecule has 150 valence electrons. The van der Waals surface area contributed by atoms with E-state index in [4.69, 9.17) is 5.73 Å². The lowest BCUT2D eigenvalue weighted by Crippen LogP contribution is -2.41. The number of primary amides is 1. The Labute approximate surface area is 172 Å². The SMILES string of the molecule is CCn1ccnc1CN1CCC(Cc2ccc(-c3ccccc3)cc2)(C(N)=O)C1. The van der Waals surface area contributed by atoms with Crippen molar-refractivity contribution in [1.29, 1.82) is 0 Å². The first-order valence-corrected chi connectivity index (χ1v) is 10.3. The van der Waals surface area contributed by atoms with Crippen molar-refractivity contribution in [3.05, 3.63) is 78.4 Å². The Morgan fingerprint density at radius 2 is 1.83 bits per heavy atom. The molecule has 5 nitrogen and oxygen atoms in total. The molecule has 1 saturated heterocycles. The number of carbonyl (C=O) groups is 1. The predicted molar refractivity (Wildman–Crippen MR) is 115 cm³/mol. The van der Waals surface area contributed by atoms with E-state index < -0.39 is 5.41 Å². The van der Waals surface area contributed by atoms with Crippen molar-refractivity contribution < 1.29 is 4.79 Å². The number of hydrogen-bond donors (Lipinski definition) is 1. The number of amides is 1. The molecule has 3 aromatic rings. The van der Waals surface area contributed by atoms with Gasteiger partial charge in [0.15, 0.2) is 0 Å². The summed E-state index contributed by atoms with van der Waals surface area (Å²) in [6.07, 6.45) is 5.30. The number of aromatic nitrogens is 2.